The zero-order chi connectivity index (χ0) is 18.2. The van der Waals surface area contributed by atoms with Crippen LogP contribution in [0.4, 0.5) is 18.9 Å². The fourth-order valence-corrected chi connectivity index (χ4v) is 2.82. The van der Waals surface area contributed by atoms with E-state index < -0.39 is 11.7 Å². The van der Waals surface area contributed by atoms with Gasteiger partial charge in [-0.3, -0.25) is 4.79 Å². The van der Waals surface area contributed by atoms with Gasteiger partial charge in [0.1, 0.15) is 5.75 Å². The third kappa shape index (κ3) is 3.40. The first-order valence-electron chi connectivity index (χ1n) is 7.63. The van der Waals surface area contributed by atoms with Crippen molar-refractivity contribution in [3.05, 3.63) is 48.0 Å². The summed E-state index contributed by atoms with van der Waals surface area (Å²) in [5.74, 6) is -0.695. The minimum absolute atomic E-state index is 0.113. The number of carbonyl (C=O) groups excluding carboxylic acids is 1. The molecule has 1 saturated heterocycles. The minimum Gasteiger partial charge on any atom is -0.507 e. The molecule has 25 heavy (non-hydrogen) atoms. The molecule has 2 aromatic rings. The first-order valence-corrected chi connectivity index (χ1v) is 7.63. The maximum atomic E-state index is 12.9. The number of hydrogen-bond acceptors (Lipinski definition) is 4. The quantitative estimate of drug-likeness (QED) is 0.857. The summed E-state index contributed by atoms with van der Waals surface area (Å²) in [4.78, 5) is 13.4. The van der Waals surface area contributed by atoms with E-state index in [1.165, 1.54) is 7.11 Å². The highest BCUT2D eigenvalue weighted by atomic mass is 19.4. The SMILES string of the molecule is COC(=O)C1CN(c2cccc(-c3cc(C(F)(F)F)ccc3O)c2)C1. The average Bonchev–Trinajstić information content (AvgIpc) is 2.53. The van der Waals surface area contributed by atoms with Gasteiger partial charge in [-0.15, -0.1) is 0 Å². The van der Waals surface area contributed by atoms with Gasteiger partial charge in [-0.1, -0.05) is 12.1 Å². The second-order valence-corrected chi connectivity index (χ2v) is 5.91. The highest BCUT2D eigenvalue weighted by Gasteiger charge is 2.34. The van der Waals surface area contributed by atoms with Crippen LogP contribution in [0.25, 0.3) is 11.1 Å². The molecular formula is C18H16F3NO3. The van der Waals surface area contributed by atoms with E-state index in [0.29, 0.717) is 18.7 Å². The number of benzene rings is 2. The average molecular weight is 351 g/mol. The molecule has 2 aromatic carbocycles. The number of methoxy groups -OCH3 is 1. The highest BCUT2D eigenvalue weighted by Crippen LogP contribution is 2.38. The third-order valence-corrected chi connectivity index (χ3v) is 4.26. The molecule has 0 aliphatic carbocycles. The van der Waals surface area contributed by atoms with Crippen LogP contribution in [0.3, 0.4) is 0 Å². The molecule has 0 amide bonds. The molecular weight excluding hydrogens is 335 g/mol. The first-order chi connectivity index (χ1) is 11.8. The van der Waals surface area contributed by atoms with Crippen molar-refractivity contribution in [1.29, 1.82) is 0 Å². The van der Waals surface area contributed by atoms with Crippen LogP contribution in [-0.4, -0.2) is 31.3 Å². The third-order valence-electron chi connectivity index (χ3n) is 4.26. The molecule has 0 atom stereocenters. The summed E-state index contributed by atoms with van der Waals surface area (Å²) in [7, 11) is 1.34. The Bertz CT molecular complexity index is 798. The summed E-state index contributed by atoms with van der Waals surface area (Å²) >= 11 is 0. The number of hydrogen-bond donors (Lipinski definition) is 1. The second-order valence-electron chi connectivity index (χ2n) is 5.91. The standard InChI is InChI=1S/C18H16F3NO3/c1-25-17(24)12-9-22(10-12)14-4-2-3-11(7-14)15-8-13(18(19,20)21)5-6-16(15)23/h2-8,12,23H,9-10H2,1H3. The predicted octanol–water partition coefficient (Wildman–Crippen LogP) is 3.69. The second kappa shape index (κ2) is 6.31. The van der Waals surface area contributed by atoms with E-state index in [0.717, 1.165) is 23.9 Å². The molecule has 1 fully saturated rings. The van der Waals surface area contributed by atoms with Crippen molar-refractivity contribution >= 4 is 11.7 Å². The number of phenols is 1. The summed E-state index contributed by atoms with van der Waals surface area (Å²) in [5, 5.41) is 9.96. The van der Waals surface area contributed by atoms with Gasteiger partial charge in [0, 0.05) is 24.3 Å². The molecule has 1 aliphatic rings. The van der Waals surface area contributed by atoms with E-state index >= 15 is 0 Å². The topological polar surface area (TPSA) is 49.8 Å². The number of ether oxygens (including phenoxy) is 1. The summed E-state index contributed by atoms with van der Waals surface area (Å²) in [6.07, 6.45) is -4.48. The van der Waals surface area contributed by atoms with E-state index in [1.807, 2.05) is 11.0 Å². The lowest BCUT2D eigenvalue weighted by Gasteiger charge is -2.39. The number of carbonyl (C=O) groups is 1. The number of esters is 1. The number of nitrogens with zero attached hydrogens (tertiary/aromatic N) is 1. The molecule has 1 heterocycles. The smallest absolute Gasteiger partial charge is 0.416 e. The van der Waals surface area contributed by atoms with Crippen LogP contribution < -0.4 is 4.90 Å². The van der Waals surface area contributed by atoms with Gasteiger partial charge in [-0.25, -0.2) is 0 Å². The van der Waals surface area contributed by atoms with E-state index in [1.54, 1.807) is 18.2 Å². The van der Waals surface area contributed by atoms with Crippen LogP contribution in [0.1, 0.15) is 5.56 Å². The normalized spacial score (nSPS) is 15.0. The van der Waals surface area contributed by atoms with Crippen LogP contribution in [0.2, 0.25) is 0 Å². The molecule has 0 bridgehead atoms. The maximum absolute atomic E-state index is 12.9. The van der Waals surface area contributed by atoms with Gasteiger partial charge < -0.3 is 14.7 Å². The highest BCUT2D eigenvalue weighted by molar-refractivity contribution is 5.78. The Morgan fingerprint density at radius 2 is 1.92 bits per heavy atom. The van der Waals surface area contributed by atoms with Gasteiger partial charge in [0.2, 0.25) is 0 Å². The lowest BCUT2D eigenvalue weighted by Crippen LogP contribution is -2.50. The summed E-state index contributed by atoms with van der Waals surface area (Å²) in [6, 6.07) is 9.67. The van der Waals surface area contributed by atoms with Gasteiger partial charge in [-0.2, -0.15) is 13.2 Å². The molecule has 1 aliphatic heterocycles. The molecule has 0 aromatic heterocycles. The Labute approximate surface area is 142 Å². The number of rotatable bonds is 3. The minimum atomic E-state index is -4.48. The first kappa shape index (κ1) is 17.1. The lowest BCUT2D eigenvalue weighted by molar-refractivity contribution is -0.146. The zero-order valence-corrected chi connectivity index (χ0v) is 13.4. The van der Waals surface area contributed by atoms with Gasteiger partial charge in [0.15, 0.2) is 0 Å². The van der Waals surface area contributed by atoms with Crippen molar-refractivity contribution in [1.82, 2.24) is 0 Å². The van der Waals surface area contributed by atoms with E-state index in [-0.39, 0.29) is 23.2 Å². The Morgan fingerprint density at radius 3 is 2.56 bits per heavy atom. The predicted molar refractivity (Wildman–Crippen MR) is 86.3 cm³/mol. The van der Waals surface area contributed by atoms with Crippen molar-refractivity contribution in [2.75, 3.05) is 25.1 Å². The Kier molecular flexibility index (Phi) is 4.32. The maximum Gasteiger partial charge on any atom is 0.416 e. The Hall–Kier alpha value is -2.70. The molecule has 3 rings (SSSR count). The van der Waals surface area contributed by atoms with Gasteiger partial charge in [0.05, 0.1) is 18.6 Å². The van der Waals surface area contributed by atoms with Crippen molar-refractivity contribution in [2.24, 2.45) is 5.92 Å². The fourth-order valence-electron chi connectivity index (χ4n) is 2.82. The molecule has 0 radical (unpaired) electrons. The molecule has 132 valence electrons. The lowest BCUT2D eigenvalue weighted by atomic mass is 9.97. The number of alkyl halides is 3. The zero-order valence-electron chi connectivity index (χ0n) is 13.4. The number of aromatic hydroxyl groups is 1. The van der Waals surface area contributed by atoms with Crippen LogP contribution in [-0.2, 0) is 15.7 Å². The molecule has 0 unspecified atom stereocenters. The fraction of sp³-hybridized carbons (Fsp3) is 0.278. The van der Waals surface area contributed by atoms with Crippen molar-refractivity contribution in [3.8, 4) is 16.9 Å². The van der Waals surface area contributed by atoms with Crippen molar-refractivity contribution in [2.45, 2.75) is 6.18 Å². The summed E-state index contributed by atoms with van der Waals surface area (Å²) in [5.41, 5.74) is 0.541. The Balaban J connectivity index is 1.87. The number of halogens is 3. The Morgan fingerprint density at radius 1 is 1.20 bits per heavy atom. The van der Waals surface area contributed by atoms with E-state index in [9.17, 15) is 23.1 Å². The van der Waals surface area contributed by atoms with Gasteiger partial charge in [0.25, 0.3) is 0 Å². The molecule has 4 nitrogen and oxygen atoms in total. The van der Waals surface area contributed by atoms with Crippen molar-refractivity contribution < 1.29 is 27.8 Å². The summed E-state index contributed by atoms with van der Waals surface area (Å²) in [6.45, 7) is 0.982. The largest absolute Gasteiger partial charge is 0.507 e. The molecule has 1 N–H and O–H groups in total. The van der Waals surface area contributed by atoms with E-state index in [4.69, 9.17) is 0 Å². The molecule has 0 spiro atoms. The van der Waals surface area contributed by atoms with E-state index in [2.05, 4.69) is 4.74 Å². The van der Waals surface area contributed by atoms with Crippen LogP contribution in [0, 0.1) is 5.92 Å². The van der Waals surface area contributed by atoms with Crippen molar-refractivity contribution in [3.63, 3.8) is 0 Å². The molecule has 7 heteroatoms. The van der Waals surface area contributed by atoms with Gasteiger partial charge in [-0.05, 0) is 35.9 Å². The molecule has 0 saturated carbocycles. The number of phenolic OH excluding ortho intramolecular Hbond substituents is 1. The monoisotopic (exact) mass is 351 g/mol. The summed E-state index contributed by atoms with van der Waals surface area (Å²) < 4.78 is 43.4. The number of anilines is 1. The van der Waals surface area contributed by atoms with Crippen LogP contribution >= 0.6 is 0 Å². The van der Waals surface area contributed by atoms with Crippen LogP contribution in [0.15, 0.2) is 42.5 Å². The van der Waals surface area contributed by atoms with Gasteiger partial charge >= 0.3 is 12.1 Å². The van der Waals surface area contributed by atoms with Crippen LogP contribution in [0.5, 0.6) is 5.75 Å².